The van der Waals surface area contributed by atoms with E-state index in [1.54, 1.807) is 55.8 Å². The molecule has 1 heterocycles. The summed E-state index contributed by atoms with van der Waals surface area (Å²) in [5, 5.41) is 11.8. The van der Waals surface area contributed by atoms with Gasteiger partial charge >= 0.3 is 0 Å². The van der Waals surface area contributed by atoms with Crippen molar-refractivity contribution in [3.63, 3.8) is 0 Å². The maximum absolute atomic E-state index is 13.6. The van der Waals surface area contributed by atoms with Crippen molar-refractivity contribution in [2.45, 2.75) is 26.8 Å². The van der Waals surface area contributed by atoms with Crippen LogP contribution < -0.4 is 5.56 Å². The SMILES string of the molecule is Cc1ccccc1-n1c(C(C)N(C)C(=O)c2ccc(C)c([N+](=O)[O-])c2)nc2ccccc2c1=O. The maximum Gasteiger partial charge on any atom is 0.273 e. The van der Waals surface area contributed by atoms with Gasteiger partial charge in [-0.1, -0.05) is 36.4 Å². The molecule has 0 aliphatic rings. The minimum atomic E-state index is -0.607. The Morgan fingerprint density at radius 2 is 1.71 bits per heavy atom. The lowest BCUT2D eigenvalue weighted by Crippen LogP contribution is -2.35. The third-order valence-corrected chi connectivity index (χ3v) is 6.09. The summed E-state index contributed by atoms with van der Waals surface area (Å²) in [6, 6.07) is 18.4. The van der Waals surface area contributed by atoms with E-state index in [1.807, 2.05) is 37.3 Å². The summed E-state index contributed by atoms with van der Waals surface area (Å²) in [4.78, 5) is 43.9. The molecule has 0 spiro atoms. The van der Waals surface area contributed by atoms with E-state index in [0.717, 1.165) is 5.56 Å². The normalized spacial score (nSPS) is 11.9. The summed E-state index contributed by atoms with van der Waals surface area (Å²) in [5.74, 6) is -0.00944. The van der Waals surface area contributed by atoms with Crippen molar-refractivity contribution in [3.05, 3.63) is 110 Å². The van der Waals surface area contributed by atoms with Crippen LogP contribution in [-0.2, 0) is 0 Å². The van der Waals surface area contributed by atoms with Crippen molar-refractivity contribution >= 4 is 22.5 Å². The van der Waals surface area contributed by atoms with Gasteiger partial charge in [0.15, 0.2) is 0 Å². The second-order valence-corrected chi connectivity index (χ2v) is 8.26. The van der Waals surface area contributed by atoms with Gasteiger partial charge in [0.05, 0.1) is 27.6 Å². The number of carbonyl (C=O) groups is 1. The van der Waals surface area contributed by atoms with E-state index < -0.39 is 16.9 Å². The quantitative estimate of drug-likeness (QED) is 0.319. The molecule has 0 bridgehead atoms. The summed E-state index contributed by atoms with van der Waals surface area (Å²) in [6.45, 7) is 5.32. The molecule has 34 heavy (non-hydrogen) atoms. The molecular formula is C26H24N4O4. The van der Waals surface area contributed by atoms with Gasteiger partial charge in [-0.3, -0.25) is 24.3 Å². The van der Waals surface area contributed by atoms with Gasteiger partial charge < -0.3 is 4.90 Å². The van der Waals surface area contributed by atoms with Crippen molar-refractivity contribution < 1.29 is 9.72 Å². The zero-order chi connectivity index (χ0) is 24.6. The molecule has 3 aromatic carbocycles. The number of nitro benzene ring substituents is 1. The van der Waals surface area contributed by atoms with Crippen molar-refractivity contribution in [1.29, 1.82) is 0 Å². The highest BCUT2D eigenvalue weighted by molar-refractivity contribution is 5.95. The van der Waals surface area contributed by atoms with E-state index >= 15 is 0 Å². The minimum Gasteiger partial charge on any atom is -0.332 e. The summed E-state index contributed by atoms with van der Waals surface area (Å²) >= 11 is 0. The van der Waals surface area contributed by atoms with Crippen LogP contribution in [-0.4, -0.2) is 32.3 Å². The Hall–Kier alpha value is -4.33. The molecule has 4 rings (SSSR count). The first-order chi connectivity index (χ1) is 16.2. The van der Waals surface area contributed by atoms with E-state index in [1.165, 1.54) is 11.0 Å². The van der Waals surface area contributed by atoms with Gasteiger partial charge in [0.1, 0.15) is 5.82 Å². The van der Waals surface area contributed by atoms with Crippen molar-refractivity contribution in [1.82, 2.24) is 14.5 Å². The van der Waals surface area contributed by atoms with Gasteiger partial charge in [0, 0.05) is 24.2 Å². The molecule has 0 radical (unpaired) electrons. The highest BCUT2D eigenvalue weighted by atomic mass is 16.6. The van der Waals surface area contributed by atoms with E-state index in [4.69, 9.17) is 4.98 Å². The molecule has 1 aromatic heterocycles. The molecule has 172 valence electrons. The third-order valence-electron chi connectivity index (χ3n) is 6.09. The number of aromatic nitrogens is 2. The smallest absolute Gasteiger partial charge is 0.273 e. The zero-order valence-electron chi connectivity index (χ0n) is 19.4. The Balaban J connectivity index is 1.86. The van der Waals surface area contributed by atoms with Crippen LogP contribution in [0.5, 0.6) is 0 Å². The van der Waals surface area contributed by atoms with Crippen LogP contribution >= 0.6 is 0 Å². The van der Waals surface area contributed by atoms with Gasteiger partial charge in [-0.05, 0) is 50.6 Å². The molecular weight excluding hydrogens is 432 g/mol. The number of carbonyl (C=O) groups excluding carboxylic acids is 1. The molecule has 1 atom stereocenters. The van der Waals surface area contributed by atoms with E-state index in [2.05, 4.69) is 0 Å². The number of benzene rings is 3. The van der Waals surface area contributed by atoms with Gasteiger partial charge in [0.2, 0.25) is 0 Å². The van der Waals surface area contributed by atoms with Crippen LogP contribution in [0.2, 0.25) is 0 Å². The lowest BCUT2D eigenvalue weighted by Gasteiger charge is -2.27. The van der Waals surface area contributed by atoms with Crippen LogP contribution in [0.25, 0.3) is 16.6 Å². The first-order valence-corrected chi connectivity index (χ1v) is 10.8. The van der Waals surface area contributed by atoms with Gasteiger partial charge in [-0.25, -0.2) is 4.98 Å². The molecule has 0 N–H and O–H groups in total. The van der Waals surface area contributed by atoms with Crippen LogP contribution in [0.1, 0.15) is 40.3 Å². The molecule has 8 nitrogen and oxygen atoms in total. The molecule has 0 saturated carbocycles. The van der Waals surface area contributed by atoms with Crippen LogP contribution in [0.15, 0.2) is 71.5 Å². The summed E-state index contributed by atoms with van der Waals surface area (Å²) in [7, 11) is 1.60. The second kappa shape index (κ2) is 8.90. The molecule has 0 fully saturated rings. The molecule has 1 amide bonds. The molecule has 8 heteroatoms. The number of hydrogen-bond acceptors (Lipinski definition) is 5. The number of aryl methyl sites for hydroxylation is 2. The number of nitrogens with zero attached hydrogens (tertiary/aromatic N) is 4. The Morgan fingerprint density at radius 3 is 2.41 bits per heavy atom. The van der Waals surface area contributed by atoms with Crippen LogP contribution in [0.4, 0.5) is 5.69 Å². The fourth-order valence-corrected chi connectivity index (χ4v) is 3.97. The fraction of sp³-hybridized carbons (Fsp3) is 0.192. The number of rotatable bonds is 5. The number of nitro groups is 1. The Morgan fingerprint density at radius 1 is 1.03 bits per heavy atom. The third kappa shape index (κ3) is 3.94. The second-order valence-electron chi connectivity index (χ2n) is 8.26. The average Bonchev–Trinajstić information content (AvgIpc) is 2.83. The summed E-state index contributed by atoms with van der Waals surface area (Å²) in [5.41, 5.74) is 2.42. The lowest BCUT2D eigenvalue weighted by atomic mass is 10.1. The minimum absolute atomic E-state index is 0.118. The predicted molar refractivity (Wildman–Crippen MR) is 130 cm³/mol. The molecule has 1 unspecified atom stereocenters. The molecule has 0 aliphatic heterocycles. The van der Waals surface area contributed by atoms with E-state index in [0.29, 0.717) is 28.0 Å². The van der Waals surface area contributed by atoms with Crippen molar-refractivity contribution in [2.75, 3.05) is 7.05 Å². The predicted octanol–water partition coefficient (Wildman–Crippen LogP) is 4.74. The highest BCUT2D eigenvalue weighted by Crippen LogP contribution is 2.26. The van der Waals surface area contributed by atoms with E-state index in [-0.39, 0.29) is 16.8 Å². The number of fused-ring (bicyclic) bond motifs is 1. The Labute approximate surface area is 196 Å². The zero-order valence-corrected chi connectivity index (χ0v) is 19.4. The first-order valence-electron chi connectivity index (χ1n) is 10.8. The molecule has 4 aromatic rings. The number of amides is 1. The number of hydrogen-bond donors (Lipinski definition) is 0. The lowest BCUT2D eigenvalue weighted by molar-refractivity contribution is -0.385. The van der Waals surface area contributed by atoms with Gasteiger partial charge in [-0.2, -0.15) is 0 Å². The van der Waals surface area contributed by atoms with Gasteiger partial charge in [0.25, 0.3) is 17.2 Å². The molecule has 0 saturated heterocycles. The largest absolute Gasteiger partial charge is 0.332 e. The van der Waals surface area contributed by atoms with Crippen LogP contribution in [0, 0.1) is 24.0 Å². The van der Waals surface area contributed by atoms with Crippen molar-refractivity contribution in [3.8, 4) is 5.69 Å². The number of para-hydroxylation sites is 2. The first kappa shape index (κ1) is 22.8. The Kier molecular flexibility index (Phi) is 5.98. The Bertz CT molecular complexity index is 1490. The highest BCUT2D eigenvalue weighted by Gasteiger charge is 2.26. The summed E-state index contributed by atoms with van der Waals surface area (Å²) < 4.78 is 1.55. The van der Waals surface area contributed by atoms with Crippen molar-refractivity contribution in [2.24, 2.45) is 0 Å². The van der Waals surface area contributed by atoms with Crippen LogP contribution in [0.3, 0.4) is 0 Å². The standard InChI is InChI=1S/C26H24N4O4/c1-16-9-5-8-12-22(16)29-24(27-21-11-7-6-10-20(21)26(29)32)18(3)28(4)25(31)19-14-13-17(2)23(15-19)30(33)34/h5-15,18H,1-4H3. The summed E-state index contributed by atoms with van der Waals surface area (Å²) in [6.07, 6.45) is 0. The topological polar surface area (TPSA) is 98.3 Å². The fourth-order valence-electron chi connectivity index (χ4n) is 3.97. The van der Waals surface area contributed by atoms with E-state index in [9.17, 15) is 19.7 Å². The average molecular weight is 457 g/mol. The maximum atomic E-state index is 13.6. The monoisotopic (exact) mass is 456 g/mol. The molecule has 0 aliphatic carbocycles. The van der Waals surface area contributed by atoms with Gasteiger partial charge in [-0.15, -0.1) is 0 Å².